The summed E-state index contributed by atoms with van der Waals surface area (Å²) in [6.45, 7) is 1.58. The van der Waals surface area contributed by atoms with E-state index in [0.717, 1.165) is 0 Å². The highest BCUT2D eigenvalue weighted by atomic mass is 35.5. The van der Waals surface area contributed by atoms with Crippen LogP contribution in [0.25, 0.3) is 0 Å². The molecular formula is C14H13ClN2O3. The van der Waals surface area contributed by atoms with Crippen LogP contribution in [0.15, 0.2) is 47.1 Å². The highest BCUT2D eigenvalue weighted by Gasteiger charge is 2.18. The van der Waals surface area contributed by atoms with Gasteiger partial charge in [0.2, 0.25) is 5.91 Å². The minimum absolute atomic E-state index is 0.160. The Labute approximate surface area is 120 Å². The molecule has 5 nitrogen and oxygen atoms in total. The van der Waals surface area contributed by atoms with E-state index in [2.05, 4.69) is 10.6 Å². The Bertz CT molecular complexity index is 611. The zero-order valence-electron chi connectivity index (χ0n) is 10.7. The van der Waals surface area contributed by atoms with Crippen molar-refractivity contribution < 1.29 is 14.0 Å². The highest BCUT2D eigenvalue weighted by molar-refractivity contribution is 6.30. The van der Waals surface area contributed by atoms with E-state index in [1.165, 1.54) is 12.3 Å². The minimum atomic E-state index is -0.702. The molecule has 0 aliphatic carbocycles. The van der Waals surface area contributed by atoms with Gasteiger partial charge in [0.05, 0.1) is 6.26 Å². The van der Waals surface area contributed by atoms with E-state index < -0.39 is 11.9 Å². The van der Waals surface area contributed by atoms with Crippen LogP contribution in [0.4, 0.5) is 5.69 Å². The van der Waals surface area contributed by atoms with Crippen LogP contribution in [-0.4, -0.2) is 17.9 Å². The number of nitrogens with one attached hydrogen (secondary N) is 2. The number of furan rings is 1. The van der Waals surface area contributed by atoms with Gasteiger partial charge in [0.25, 0.3) is 5.91 Å². The molecule has 2 N–H and O–H groups in total. The van der Waals surface area contributed by atoms with Crippen LogP contribution in [0.2, 0.25) is 5.02 Å². The van der Waals surface area contributed by atoms with Gasteiger partial charge in [-0.3, -0.25) is 9.59 Å². The first-order valence-electron chi connectivity index (χ1n) is 5.97. The number of anilines is 1. The third kappa shape index (κ3) is 3.61. The minimum Gasteiger partial charge on any atom is -0.459 e. The van der Waals surface area contributed by atoms with Gasteiger partial charge in [-0.15, -0.1) is 0 Å². The predicted molar refractivity (Wildman–Crippen MR) is 75.7 cm³/mol. The Hall–Kier alpha value is -2.27. The molecule has 0 spiro atoms. The lowest BCUT2D eigenvalue weighted by Gasteiger charge is -2.13. The van der Waals surface area contributed by atoms with Gasteiger partial charge in [0.1, 0.15) is 6.04 Å². The second-order valence-electron chi connectivity index (χ2n) is 4.17. The van der Waals surface area contributed by atoms with E-state index in [-0.39, 0.29) is 11.7 Å². The van der Waals surface area contributed by atoms with Crippen molar-refractivity contribution in [2.24, 2.45) is 0 Å². The third-order valence-corrected chi connectivity index (χ3v) is 2.81. The lowest BCUT2D eigenvalue weighted by atomic mass is 10.2. The number of carbonyl (C=O) groups excluding carboxylic acids is 2. The maximum Gasteiger partial charge on any atom is 0.287 e. The maximum atomic E-state index is 11.9. The van der Waals surface area contributed by atoms with Gasteiger partial charge in [-0.05, 0) is 37.3 Å². The summed E-state index contributed by atoms with van der Waals surface area (Å²) in [4.78, 5) is 23.7. The fraction of sp³-hybridized carbons (Fsp3) is 0.143. The molecule has 0 aliphatic heterocycles. The van der Waals surface area contributed by atoms with E-state index in [1.807, 2.05) is 0 Å². The van der Waals surface area contributed by atoms with Crippen LogP contribution in [-0.2, 0) is 4.79 Å². The zero-order chi connectivity index (χ0) is 14.5. The van der Waals surface area contributed by atoms with Crippen molar-refractivity contribution in [2.75, 3.05) is 5.32 Å². The summed E-state index contributed by atoms with van der Waals surface area (Å²) < 4.78 is 4.95. The molecule has 0 saturated heterocycles. The first kappa shape index (κ1) is 14.1. The Morgan fingerprint density at radius 2 is 2.05 bits per heavy atom. The van der Waals surface area contributed by atoms with Crippen LogP contribution in [0.5, 0.6) is 0 Å². The average Bonchev–Trinajstić information content (AvgIpc) is 2.92. The topological polar surface area (TPSA) is 71.3 Å². The predicted octanol–water partition coefficient (Wildman–Crippen LogP) is 2.69. The number of amides is 2. The summed E-state index contributed by atoms with van der Waals surface area (Å²) in [6, 6.07) is 9.20. The van der Waals surface area contributed by atoms with Crippen molar-refractivity contribution in [1.82, 2.24) is 5.32 Å². The Kier molecular flexibility index (Phi) is 4.42. The van der Waals surface area contributed by atoms with Gasteiger partial charge in [-0.1, -0.05) is 17.7 Å². The molecular weight excluding hydrogens is 280 g/mol. The maximum absolute atomic E-state index is 11.9. The van der Waals surface area contributed by atoms with Crippen molar-refractivity contribution in [2.45, 2.75) is 13.0 Å². The molecule has 0 bridgehead atoms. The molecule has 2 aromatic rings. The van der Waals surface area contributed by atoms with Gasteiger partial charge in [-0.2, -0.15) is 0 Å². The van der Waals surface area contributed by atoms with Gasteiger partial charge in [0.15, 0.2) is 5.76 Å². The molecule has 0 unspecified atom stereocenters. The first-order chi connectivity index (χ1) is 9.56. The van der Waals surface area contributed by atoms with Crippen LogP contribution in [0.3, 0.4) is 0 Å². The van der Waals surface area contributed by atoms with Crippen molar-refractivity contribution in [3.05, 3.63) is 53.4 Å². The normalized spacial score (nSPS) is 11.7. The average molecular weight is 293 g/mol. The van der Waals surface area contributed by atoms with Crippen LogP contribution >= 0.6 is 11.6 Å². The van der Waals surface area contributed by atoms with Crippen molar-refractivity contribution in [3.63, 3.8) is 0 Å². The molecule has 1 heterocycles. The van der Waals surface area contributed by atoms with Crippen LogP contribution in [0, 0.1) is 0 Å². The summed E-state index contributed by atoms with van der Waals surface area (Å²) >= 11 is 5.83. The summed E-state index contributed by atoms with van der Waals surface area (Å²) in [7, 11) is 0. The molecule has 1 aromatic carbocycles. The monoisotopic (exact) mass is 292 g/mol. The number of carbonyl (C=O) groups is 2. The standard InChI is InChI=1S/C14H13ClN2O3/c1-9(16-14(19)12-6-3-7-20-12)13(18)17-11-5-2-4-10(15)8-11/h2-9H,1H3,(H,16,19)(H,17,18)/t9-/m0/s1. The van der Waals surface area contributed by atoms with Crippen LogP contribution < -0.4 is 10.6 Å². The van der Waals surface area contributed by atoms with E-state index in [9.17, 15) is 9.59 Å². The molecule has 0 aliphatic rings. The molecule has 0 fully saturated rings. The summed E-state index contributed by atoms with van der Waals surface area (Å²) in [6.07, 6.45) is 1.39. The summed E-state index contributed by atoms with van der Waals surface area (Å²) in [5.41, 5.74) is 0.571. The van der Waals surface area contributed by atoms with Gasteiger partial charge < -0.3 is 15.1 Å². The largest absolute Gasteiger partial charge is 0.459 e. The quantitative estimate of drug-likeness (QED) is 0.910. The number of rotatable bonds is 4. The molecule has 1 atom stereocenters. The van der Waals surface area contributed by atoms with E-state index in [0.29, 0.717) is 10.7 Å². The first-order valence-corrected chi connectivity index (χ1v) is 6.35. The summed E-state index contributed by atoms with van der Waals surface area (Å²) in [5, 5.41) is 5.73. The Morgan fingerprint density at radius 1 is 1.25 bits per heavy atom. The number of benzene rings is 1. The van der Waals surface area contributed by atoms with E-state index >= 15 is 0 Å². The van der Waals surface area contributed by atoms with Crippen LogP contribution in [0.1, 0.15) is 17.5 Å². The highest BCUT2D eigenvalue weighted by Crippen LogP contribution is 2.15. The molecule has 1 aromatic heterocycles. The second kappa shape index (κ2) is 6.25. The van der Waals surface area contributed by atoms with Gasteiger partial charge in [0, 0.05) is 10.7 Å². The van der Waals surface area contributed by atoms with Crippen molar-refractivity contribution in [1.29, 1.82) is 0 Å². The number of halogens is 1. The Balaban J connectivity index is 1.94. The van der Waals surface area contributed by atoms with Gasteiger partial charge in [-0.25, -0.2) is 0 Å². The summed E-state index contributed by atoms with van der Waals surface area (Å²) in [5.74, 6) is -0.622. The number of hydrogen-bond donors (Lipinski definition) is 2. The lowest BCUT2D eigenvalue weighted by Crippen LogP contribution is -2.41. The van der Waals surface area contributed by atoms with Crippen molar-refractivity contribution >= 4 is 29.1 Å². The SMILES string of the molecule is C[C@H](NC(=O)c1ccco1)C(=O)Nc1cccc(Cl)c1. The fourth-order valence-electron chi connectivity index (χ4n) is 1.56. The van der Waals surface area contributed by atoms with E-state index in [4.69, 9.17) is 16.0 Å². The smallest absolute Gasteiger partial charge is 0.287 e. The lowest BCUT2D eigenvalue weighted by molar-refractivity contribution is -0.117. The zero-order valence-corrected chi connectivity index (χ0v) is 11.5. The van der Waals surface area contributed by atoms with E-state index in [1.54, 1.807) is 37.3 Å². The van der Waals surface area contributed by atoms with Crippen molar-refractivity contribution in [3.8, 4) is 0 Å². The molecule has 0 radical (unpaired) electrons. The molecule has 6 heteroatoms. The molecule has 104 valence electrons. The molecule has 2 amide bonds. The van der Waals surface area contributed by atoms with Gasteiger partial charge >= 0.3 is 0 Å². The molecule has 20 heavy (non-hydrogen) atoms. The molecule has 2 rings (SSSR count). The third-order valence-electron chi connectivity index (χ3n) is 2.58. The Morgan fingerprint density at radius 3 is 2.70 bits per heavy atom. The second-order valence-corrected chi connectivity index (χ2v) is 4.61. The molecule has 0 saturated carbocycles. The number of hydrogen-bond acceptors (Lipinski definition) is 3. The fourth-order valence-corrected chi connectivity index (χ4v) is 1.75.